The van der Waals surface area contributed by atoms with Gasteiger partial charge in [0.25, 0.3) is 0 Å². The van der Waals surface area contributed by atoms with E-state index in [-0.39, 0.29) is 12.4 Å². The zero-order chi connectivity index (χ0) is 12.7. The Hall–Kier alpha value is -1.13. The van der Waals surface area contributed by atoms with Crippen molar-refractivity contribution in [2.75, 3.05) is 25.9 Å². The largest absolute Gasteiger partial charge is 0.399 e. The normalized spacial score (nSPS) is 11.1. The fourth-order valence-corrected chi connectivity index (χ4v) is 1.73. The Morgan fingerprint density at radius 3 is 2.71 bits per heavy atom. The molecule has 0 fully saturated rings. The topological polar surface area (TPSA) is 49.5 Å². The van der Waals surface area contributed by atoms with Crippen molar-refractivity contribution in [2.45, 2.75) is 25.8 Å². The number of benzene rings is 1. The number of hydrogen-bond acceptors (Lipinski definition) is 3. The van der Waals surface area contributed by atoms with Gasteiger partial charge in [-0.25, -0.2) is 4.39 Å². The summed E-state index contributed by atoms with van der Waals surface area (Å²) in [6, 6.07) is 4.81. The van der Waals surface area contributed by atoms with E-state index >= 15 is 0 Å². The zero-order valence-electron chi connectivity index (χ0n) is 10.3. The third-order valence-corrected chi connectivity index (χ3v) is 2.72. The molecule has 0 heterocycles. The summed E-state index contributed by atoms with van der Waals surface area (Å²) in [5, 5.41) is 8.65. The van der Waals surface area contributed by atoms with Gasteiger partial charge in [-0.2, -0.15) is 0 Å². The molecule has 3 N–H and O–H groups in total. The summed E-state index contributed by atoms with van der Waals surface area (Å²) in [5.74, 6) is -0.243. The minimum atomic E-state index is -0.243. The first kappa shape index (κ1) is 13.9. The Labute approximate surface area is 102 Å². The highest BCUT2D eigenvalue weighted by atomic mass is 19.1. The second kappa shape index (κ2) is 7.25. The van der Waals surface area contributed by atoms with Crippen LogP contribution in [0.15, 0.2) is 18.2 Å². The van der Waals surface area contributed by atoms with Crippen molar-refractivity contribution in [2.24, 2.45) is 0 Å². The lowest BCUT2D eigenvalue weighted by molar-refractivity contribution is 0.270. The number of aliphatic hydroxyl groups excluding tert-OH is 1. The maximum absolute atomic E-state index is 13.5. The Morgan fingerprint density at radius 2 is 2.06 bits per heavy atom. The molecule has 1 aromatic carbocycles. The molecule has 0 spiro atoms. The molecule has 1 rings (SSSR count). The highest BCUT2D eigenvalue weighted by Gasteiger charge is 2.05. The minimum Gasteiger partial charge on any atom is -0.399 e. The van der Waals surface area contributed by atoms with E-state index in [0.717, 1.165) is 25.8 Å². The maximum atomic E-state index is 13.5. The third kappa shape index (κ3) is 5.15. The summed E-state index contributed by atoms with van der Waals surface area (Å²) in [6.45, 7) is 1.74. The Kier molecular flexibility index (Phi) is 5.94. The van der Waals surface area contributed by atoms with Crippen molar-refractivity contribution < 1.29 is 9.50 Å². The monoisotopic (exact) mass is 240 g/mol. The van der Waals surface area contributed by atoms with Crippen molar-refractivity contribution in [1.82, 2.24) is 4.90 Å². The fraction of sp³-hybridized carbons (Fsp3) is 0.538. The van der Waals surface area contributed by atoms with Crippen LogP contribution in [0.1, 0.15) is 24.8 Å². The number of nitrogens with zero attached hydrogens (tertiary/aromatic N) is 1. The number of unbranched alkanes of at least 4 members (excludes halogenated alkanes) is 2. The predicted molar refractivity (Wildman–Crippen MR) is 68.1 cm³/mol. The van der Waals surface area contributed by atoms with Crippen LogP contribution in [0.3, 0.4) is 0 Å². The van der Waals surface area contributed by atoms with Gasteiger partial charge in [-0.1, -0.05) is 6.07 Å². The minimum absolute atomic E-state index is 0.243. The molecule has 96 valence electrons. The van der Waals surface area contributed by atoms with Crippen molar-refractivity contribution in [3.8, 4) is 0 Å². The number of nitrogens with two attached hydrogens (primary N) is 1. The van der Waals surface area contributed by atoms with E-state index in [1.165, 1.54) is 6.07 Å². The van der Waals surface area contributed by atoms with E-state index in [1.54, 1.807) is 12.1 Å². The molecule has 0 saturated carbocycles. The van der Waals surface area contributed by atoms with Gasteiger partial charge in [0.1, 0.15) is 5.82 Å². The molecule has 1 aromatic rings. The summed E-state index contributed by atoms with van der Waals surface area (Å²) in [4.78, 5) is 2.08. The van der Waals surface area contributed by atoms with Crippen LogP contribution in [0, 0.1) is 5.82 Å². The number of hydrogen-bond donors (Lipinski definition) is 2. The van der Waals surface area contributed by atoms with Crippen LogP contribution in [0.4, 0.5) is 10.1 Å². The maximum Gasteiger partial charge on any atom is 0.129 e. The molecule has 0 radical (unpaired) electrons. The van der Waals surface area contributed by atoms with Crippen LogP contribution in [0.2, 0.25) is 0 Å². The van der Waals surface area contributed by atoms with E-state index in [1.807, 2.05) is 7.05 Å². The lowest BCUT2D eigenvalue weighted by Crippen LogP contribution is -2.19. The molecular formula is C13H21FN2O. The van der Waals surface area contributed by atoms with Crippen LogP contribution in [0.5, 0.6) is 0 Å². The van der Waals surface area contributed by atoms with Crippen LogP contribution in [0.25, 0.3) is 0 Å². The molecule has 0 unspecified atom stereocenters. The average Bonchev–Trinajstić information content (AvgIpc) is 2.28. The molecular weight excluding hydrogens is 219 g/mol. The highest BCUT2D eigenvalue weighted by molar-refractivity contribution is 5.40. The summed E-state index contributed by atoms with van der Waals surface area (Å²) in [5.41, 5.74) is 6.62. The van der Waals surface area contributed by atoms with Gasteiger partial charge in [0, 0.05) is 24.4 Å². The van der Waals surface area contributed by atoms with E-state index in [0.29, 0.717) is 17.8 Å². The van der Waals surface area contributed by atoms with Gasteiger partial charge in [0.05, 0.1) is 0 Å². The first-order valence-electron chi connectivity index (χ1n) is 5.97. The van der Waals surface area contributed by atoms with E-state index in [4.69, 9.17) is 10.8 Å². The first-order chi connectivity index (χ1) is 8.13. The Morgan fingerprint density at radius 1 is 1.29 bits per heavy atom. The van der Waals surface area contributed by atoms with Crippen LogP contribution in [-0.2, 0) is 6.54 Å². The van der Waals surface area contributed by atoms with E-state index in [9.17, 15) is 4.39 Å². The summed E-state index contributed by atoms with van der Waals surface area (Å²) < 4.78 is 13.5. The van der Waals surface area contributed by atoms with Gasteiger partial charge in [-0.05, 0) is 45.0 Å². The Bertz CT molecular complexity index is 344. The lowest BCUT2D eigenvalue weighted by atomic mass is 10.1. The van der Waals surface area contributed by atoms with E-state index < -0.39 is 0 Å². The number of rotatable bonds is 7. The summed E-state index contributed by atoms with van der Waals surface area (Å²) >= 11 is 0. The molecule has 0 aromatic heterocycles. The SMILES string of the molecule is CN(CCCCCO)Cc1ccc(N)cc1F. The number of nitrogen functional groups attached to an aromatic ring is 1. The van der Waals surface area contributed by atoms with Gasteiger partial charge in [0.2, 0.25) is 0 Å². The quantitative estimate of drug-likeness (QED) is 0.566. The van der Waals surface area contributed by atoms with Gasteiger partial charge in [-0.15, -0.1) is 0 Å². The highest BCUT2D eigenvalue weighted by Crippen LogP contribution is 2.13. The first-order valence-corrected chi connectivity index (χ1v) is 5.97. The molecule has 4 heteroatoms. The van der Waals surface area contributed by atoms with E-state index in [2.05, 4.69) is 4.90 Å². The van der Waals surface area contributed by atoms with Gasteiger partial charge < -0.3 is 15.7 Å². The molecule has 0 bridgehead atoms. The molecule has 0 amide bonds. The predicted octanol–water partition coefficient (Wildman–Crippen LogP) is 2.00. The van der Waals surface area contributed by atoms with Gasteiger partial charge >= 0.3 is 0 Å². The lowest BCUT2D eigenvalue weighted by Gasteiger charge is -2.17. The fourth-order valence-electron chi connectivity index (χ4n) is 1.73. The molecule has 3 nitrogen and oxygen atoms in total. The van der Waals surface area contributed by atoms with Gasteiger partial charge in [-0.3, -0.25) is 0 Å². The van der Waals surface area contributed by atoms with Crippen LogP contribution in [-0.4, -0.2) is 30.2 Å². The molecule has 0 atom stereocenters. The summed E-state index contributed by atoms with van der Waals surface area (Å²) in [6.07, 6.45) is 2.86. The second-order valence-corrected chi connectivity index (χ2v) is 4.37. The molecule has 0 saturated heterocycles. The van der Waals surface area contributed by atoms with Crippen molar-refractivity contribution >= 4 is 5.69 Å². The number of halogens is 1. The third-order valence-electron chi connectivity index (χ3n) is 2.72. The molecule has 0 aliphatic rings. The second-order valence-electron chi connectivity index (χ2n) is 4.37. The van der Waals surface area contributed by atoms with Crippen molar-refractivity contribution in [3.63, 3.8) is 0 Å². The molecule has 0 aliphatic carbocycles. The average molecular weight is 240 g/mol. The molecule has 17 heavy (non-hydrogen) atoms. The zero-order valence-corrected chi connectivity index (χ0v) is 10.3. The van der Waals surface area contributed by atoms with Gasteiger partial charge in [0.15, 0.2) is 0 Å². The smallest absolute Gasteiger partial charge is 0.129 e. The van der Waals surface area contributed by atoms with Crippen LogP contribution < -0.4 is 5.73 Å². The van der Waals surface area contributed by atoms with Crippen LogP contribution >= 0.6 is 0 Å². The standard InChI is InChI=1S/C13H21FN2O/c1-16(7-3-2-4-8-17)10-11-5-6-12(15)9-13(11)14/h5-6,9,17H,2-4,7-8,10,15H2,1H3. The number of aliphatic hydroxyl groups is 1. The van der Waals surface area contributed by atoms with Crippen molar-refractivity contribution in [3.05, 3.63) is 29.6 Å². The Balaban J connectivity index is 2.37. The van der Waals surface area contributed by atoms with Crippen molar-refractivity contribution in [1.29, 1.82) is 0 Å². The summed E-state index contributed by atoms with van der Waals surface area (Å²) in [7, 11) is 1.97. The number of anilines is 1. The molecule has 0 aliphatic heterocycles.